The van der Waals surface area contributed by atoms with Crippen molar-refractivity contribution in [1.82, 2.24) is 5.32 Å². The minimum Gasteiger partial charge on any atom is -0.467 e. The summed E-state index contributed by atoms with van der Waals surface area (Å²) in [6.07, 6.45) is 1.64. The van der Waals surface area contributed by atoms with E-state index in [1.54, 1.807) is 6.26 Å². The van der Waals surface area contributed by atoms with Gasteiger partial charge in [0.25, 0.3) is 0 Å². The van der Waals surface area contributed by atoms with Gasteiger partial charge < -0.3 is 9.73 Å². The van der Waals surface area contributed by atoms with Crippen LogP contribution in [0.2, 0.25) is 0 Å². The number of nitrogens with one attached hydrogen (secondary N) is 1. The smallest absolute Gasteiger partial charge is 0.131 e. The van der Waals surface area contributed by atoms with Crippen molar-refractivity contribution in [2.45, 2.75) is 6.54 Å². The zero-order chi connectivity index (χ0) is 8.97. The van der Waals surface area contributed by atoms with Crippen molar-refractivity contribution >= 4 is 27.5 Å². The summed E-state index contributed by atoms with van der Waals surface area (Å²) in [4.78, 5) is 0. The molecule has 0 unspecified atom stereocenters. The second kappa shape index (κ2) is 4.70. The lowest BCUT2D eigenvalue weighted by atomic mass is 10.4. The molecular weight excluding hydrogens is 241 g/mol. The van der Waals surface area contributed by atoms with Crippen LogP contribution in [0.1, 0.15) is 5.76 Å². The Morgan fingerprint density at radius 3 is 3.00 bits per heavy atom. The Hall–Kier alpha value is -0.250. The number of rotatable bonds is 4. The van der Waals surface area contributed by atoms with Crippen LogP contribution in [0.3, 0.4) is 0 Å². The zero-order valence-corrected chi connectivity index (χ0v) is 8.78. The van der Waals surface area contributed by atoms with Gasteiger partial charge in [0.1, 0.15) is 5.76 Å². The molecule has 0 aliphatic rings. The Morgan fingerprint density at radius 2 is 2.50 bits per heavy atom. The van der Waals surface area contributed by atoms with Crippen molar-refractivity contribution in [2.75, 3.05) is 6.54 Å². The molecule has 0 atom stereocenters. The molecule has 0 bridgehead atoms. The molecule has 0 radical (unpaired) electrons. The summed E-state index contributed by atoms with van der Waals surface area (Å²) in [6.45, 7) is 4.80. The fourth-order valence-electron chi connectivity index (χ4n) is 0.763. The molecule has 0 aromatic carbocycles. The maximum Gasteiger partial charge on any atom is 0.131 e. The lowest BCUT2D eigenvalue weighted by Crippen LogP contribution is -2.14. The van der Waals surface area contributed by atoms with Gasteiger partial charge >= 0.3 is 0 Å². The van der Waals surface area contributed by atoms with E-state index in [1.807, 2.05) is 6.07 Å². The fourth-order valence-corrected chi connectivity index (χ4v) is 1.20. The van der Waals surface area contributed by atoms with E-state index in [1.165, 1.54) is 0 Å². The highest BCUT2D eigenvalue weighted by molar-refractivity contribution is 9.10. The van der Waals surface area contributed by atoms with Gasteiger partial charge in [0, 0.05) is 11.6 Å². The van der Waals surface area contributed by atoms with Crippen LogP contribution in [0.5, 0.6) is 0 Å². The van der Waals surface area contributed by atoms with E-state index in [0.717, 1.165) is 10.2 Å². The molecule has 0 saturated carbocycles. The highest BCUT2D eigenvalue weighted by Crippen LogP contribution is 2.16. The van der Waals surface area contributed by atoms with E-state index in [-0.39, 0.29) is 0 Å². The Labute approximate surface area is 84.7 Å². The van der Waals surface area contributed by atoms with Crippen LogP contribution in [-0.4, -0.2) is 6.54 Å². The first-order valence-corrected chi connectivity index (χ1v) is 4.63. The fraction of sp³-hybridized carbons (Fsp3) is 0.250. The van der Waals surface area contributed by atoms with Crippen molar-refractivity contribution in [3.63, 3.8) is 0 Å². The van der Waals surface area contributed by atoms with Gasteiger partial charge in [-0.1, -0.05) is 18.2 Å². The molecule has 0 aliphatic carbocycles. The third-order valence-corrected chi connectivity index (χ3v) is 2.13. The Bertz CT molecular complexity index is 272. The Balaban J connectivity index is 2.33. The number of hydrogen-bond acceptors (Lipinski definition) is 2. The van der Waals surface area contributed by atoms with E-state index in [4.69, 9.17) is 16.0 Å². The van der Waals surface area contributed by atoms with Crippen LogP contribution in [0.15, 0.2) is 32.8 Å². The molecule has 0 amide bonds. The van der Waals surface area contributed by atoms with Crippen molar-refractivity contribution in [1.29, 1.82) is 0 Å². The predicted octanol–water partition coefficient (Wildman–Crippen LogP) is 2.88. The van der Waals surface area contributed by atoms with Crippen LogP contribution >= 0.6 is 27.5 Å². The van der Waals surface area contributed by atoms with Gasteiger partial charge in [0.15, 0.2) is 0 Å². The third-order valence-electron chi connectivity index (χ3n) is 1.29. The summed E-state index contributed by atoms with van der Waals surface area (Å²) < 4.78 is 6.13. The van der Waals surface area contributed by atoms with Gasteiger partial charge in [0.2, 0.25) is 0 Å². The predicted molar refractivity (Wildman–Crippen MR) is 53.1 cm³/mol. The first-order chi connectivity index (χ1) is 5.70. The monoisotopic (exact) mass is 249 g/mol. The lowest BCUT2D eigenvalue weighted by molar-refractivity contribution is 0.488. The highest BCUT2D eigenvalue weighted by Gasteiger charge is 2.01. The average molecular weight is 251 g/mol. The van der Waals surface area contributed by atoms with Crippen molar-refractivity contribution < 1.29 is 4.42 Å². The van der Waals surface area contributed by atoms with Crippen LogP contribution < -0.4 is 5.32 Å². The van der Waals surface area contributed by atoms with Gasteiger partial charge in [0.05, 0.1) is 17.3 Å². The third kappa shape index (κ3) is 3.01. The summed E-state index contributed by atoms with van der Waals surface area (Å²) in [5.41, 5.74) is 0. The standard InChI is InChI=1S/C8H9BrClNO/c1-6(10)4-11-5-8-7(9)2-3-12-8/h2-3,11H,1,4-5H2. The molecule has 2 nitrogen and oxygen atoms in total. The highest BCUT2D eigenvalue weighted by atomic mass is 79.9. The minimum atomic E-state index is 0.592. The molecule has 12 heavy (non-hydrogen) atoms. The normalized spacial score (nSPS) is 10.2. The maximum atomic E-state index is 5.56. The van der Waals surface area contributed by atoms with Gasteiger partial charge in [-0.05, 0) is 22.0 Å². The molecule has 0 saturated heterocycles. The summed E-state index contributed by atoms with van der Waals surface area (Å²) >= 11 is 8.90. The van der Waals surface area contributed by atoms with E-state index in [9.17, 15) is 0 Å². The lowest BCUT2D eigenvalue weighted by Gasteiger charge is -2.00. The zero-order valence-electron chi connectivity index (χ0n) is 6.44. The summed E-state index contributed by atoms with van der Waals surface area (Å²) in [6, 6.07) is 1.85. The Morgan fingerprint density at radius 1 is 1.75 bits per heavy atom. The van der Waals surface area contributed by atoms with Gasteiger partial charge in [-0.3, -0.25) is 0 Å². The average Bonchev–Trinajstić information content (AvgIpc) is 2.36. The molecule has 0 aliphatic heterocycles. The molecule has 0 fully saturated rings. The second-order valence-electron chi connectivity index (χ2n) is 2.31. The van der Waals surface area contributed by atoms with Crippen molar-refractivity contribution in [2.24, 2.45) is 0 Å². The minimum absolute atomic E-state index is 0.592. The van der Waals surface area contributed by atoms with E-state index < -0.39 is 0 Å². The quantitative estimate of drug-likeness (QED) is 0.889. The molecule has 4 heteroatoms. The summed E-state index contributed by atoms with van der Waals surface area (Å²) in [7, 11) is 0. The Kier molecular flexibility index (Phi) is 3.85. The van der Waals surface area contributed by atoms with Crippen LogP contribution in [0.4, 0.5) is 0 Å². The van der Waals surface area contributed by atoms with Crippen LogP contribution in [0.25, 0.3) is 0 Å². The molecule has 66 valence electrons. The number of halogens is 2. The van der Waals surface area contributed by atoms with E-state index in [0.29, 0.717) is 18.1 Å². The first-order valence-electron chi connectivity index (χ1n) is 3.46. The van der Waals surface area contributed by atoms with E-state index in [2.05, 4.69) is 27.8 Å². The summed E-state index contributed by atoms with van der Waals surface area (Å²) in [5.74, 6) is 0.868. The van der Waals surface area contributed by atoms with Crippen molar-refractivity contribution in [3.05, 3.63) is 34.2 Å². The molecular formula is C8H9BrClNO. The molecule has 1 aromatic heterocycles. The van der Waals surface area contributed by atoms with Gasteiger partial charge in [-0.15, -0.1) is 0 Å². The summed E-state index contributed by atoms with van der Waals surface area (Å²) in [5, 5.41) is 3.67. The van der Waals surface area contributed by atoms with Gasteiger partial charge in [-0.25, -0.2) is 0 Å². The van der Waals surface area contributed by atoms with Gasteiger partial charge in [-0.2, -0.15) is 0 Å². The van der Waals surface area contributed by atoms with Crippen LogP contribution in [-0.2, 0) is 6.54 Å². The first kappa shape index (κ1) is 9.84. The molecule has 1 N–H and O–H groups in total. The maximum absolute atomic E-state index is 5.56. The molecule has 1 rings (SSSR count). The SMILES string of the molecule is C=C(Cl)CNCc1occc1Br. The topological polar surface area (TPSA) is 25.2 Å². The van der Waals surface area contributed by atoms with Crippen LogP contribution in [0, 0.1) is 0 Å². The molecule has 1 heterocycles. The van der Waals surface area contributed by atoms with E-state index >= 15 is 0 Å². The second-order valence-corrected chi connectivity index (χ2v) is 3.70. The number of hydrogen-bond donors (Lipinski definition) is 1. The number of furan rings is 1. The van der Waals surface area contributed by atoms with Crippen molar-refractivity contribution in [3.8, 4) is 0 Å². The largest absolute Gasteiger partial charge is 0.467 e. The molecule has 1 aromatic rings. The molecule has 0 spiro atoms.